The molecule has 0 aromatic heterocycles. The molecule has 0 fully saturated rings. The predicted octanol–water partition coefficient (Wildman–Crippen LogP) is 4.20. The van der Waals surface area contributed by atoms with E-state index < -0.39 is 0 Å². The maximum Gasteiger partial charge on any atom is 0.257 e. The van der Waals surface area contributed by atoms with Gasteiger partial charge in [0.2, 0.25) is 5.91 Å². The van der Waals surface area contributed by atoms with Crippen LogP contribution in [0.1, 0.15) is 15.9 Å². The number of hydrogen-bond donors (Lipinski definition) is 2. The zero-order chi connectivity index (χ0) is 22.1. The van der Waals surface area contributed by atoms with Crippen molar-refractivity contribution in [2.45, 2.75) is 6.92 Å². The summed E-state index contributed by atoms with van der Waals surface area (Å²) in [7, 11) is 1.86. The van der Waals surface area contributed by atoms with Gasteiger partial charge in [0, 0.05) is 12.2 Å². The number of ether oxygens (including phenoxy) is 1. The van der Waals surface area contributed by atoms with Crippen molar-refractivity contribution in [3.63, 3.8) is 0 Å². The molecule has 0 aliphatic rings. The molecule has 31 heavy (non-hydrogen) atoms. The van der Waals surface area contributed by atoms with Gasteiger partial charge in [0.15, 0.2) is 0 Å². The normalized spacial score (nSPS) is 10.5. The fourth-order valence-corrected chi connectivity index (χ4v) is 3.05. The smallest absolute Gasteiger partial charge is 0.257 e. The van der Waals surface area contributed by atoms with Gasteiger partial charge in [-0.15, -0.1) is 0 Å². The summed E-state index contributed by atoms with van der Waals surface area (Å²) in [5.41, 5.74) is 2.66. The number of para-hydroxylation sites is 3. The van der Waals surface area contributed by atoms with Crippen LogP contribution in [-0.2, 0) is 4.79 Å². The van der Waals surface area contributed by atoms with Crippen molar-refractivity contribution in [2.24, 2.45) is 0 Å². The van der Waals surface area contributed by atoms with Gasteiger partial charge in [-0.2, -0.15) is 0 Å². The van der Waals surface area contributed by atoms with E-state index in [2.05, 4.69) is 10.6 Å². The Morgan fingerprint density at radius 2 is 1.55 bits per heavy atom. The van der Waals surface area contributed by atoms with E-state index in [-0.39, 0.29) is 18.4 Å². The van der Waals surface area contributed by atoms with Crippen molar-refractivity contribution in [1.82, 2.24) is 4.90 Å². The first-order chi connectivity index (χ1) is 15.0. The molecule has 0 aliphatic carbocycles. The Morgan fingerprint density at radius 1 is 0.871 bits per heavy atom. The summed E-state index contributed by atoms with van der Waals surface area (Å²) in [5.74, 6) is 0.374. The molecule has 3 aromatic carbocycles. The molecule has 2 N–H and O–H groups in total. The third-order valence-electron chi connectivity index (χ3n) is 4.72. The molecule has 0 bridgehead atoms. The highest BCUT2D eigenvalue weighted by atomic mass is 16.5. The molecule has 0 radical (unpaired) electrons. The Hall–Kier alpha value is -3.64. The van der Waals surface area contributed by atoms with Gasteiger partial charge in [0.05, 0.1) is 17.8 Å². The number of nitrogens with zero attached hydrogens (tertiary/aromatic N) is 1. The quantitative estimate of drug-likeness (QED) is 0.548. The lowest BCUT2D eigenvalue weighted by atomic mass is 10.1. The molecule has 160 valence electrons. The van der Waals surface area contributed by atoms with E-state index in [1.807, 2.05) is 73.5 Å². The third-order valence-corrected chi connectivity index (χ3v) is 4.72. The van der Waals surface area contributed by atoms with Crippen molar-refractivity contribution < 1.29 is 14.3 Å². The Kier molecular flexibility index (Phi) is 7.79. The molecular weight excluding hydrogens is 390 g/mol. The minimum Gasteiger partial charge on any atom is -0.492 e. The zero-order valence-corrected chi connectivity index (χ0v) is 17.8. The van der Waals surface area contributed by atoms with E-state index in [1.54, 1.807) is 24.3 Å². The number of amides is 2. The highest BCUT2D eigenvalue weighted by molar-refractivity contribution is 6.10. The number of benzene rings is 3. The number of nitrogens with one attached hydrogen (secondary N) is 2. The summed E-state index contributed by atoms with van der Waals surface area (Å²) in [4.78, 5) is 27.0. The van der Waals surface area contributed by atoms with Gasteiger partial charge >= 0.3 is 0 Å². The van der Waals surface area contributed by atoms with Crippen LogP contribution in [0.15, 0.2) is 78.9 Å². The number of carbonyl (C=O) groups is 2. The Morgan fingerprint density at radius 3 is 2.32 bits per heavy atom. The molecule has 0 unspecified atom stereocenters. The fourth-order valence-electron chi connectivity index (χ4n) is 3.05. The van der Waals surface area contributed by atoms with Gasteiger partial charge in [-0.1, -0.05) is 48.5 Å². The van der Waals surface area contributed by atoms with Gasteiger partial charge in [0.25, 0.3) is 5.91 Å². The monoisotopic (exact) mass is 417 g/mol. The van der Waals surface area contributed by atoms with E-state index >= 15 is 0 Å². The van der Waals surface area contributed by atoms with Gasteiger partial charge in [-0.05, 0) is 49.9 Å². The maximum atomic E-state index is 12.7. The lowest BCUT2D eigenvalue weighted by molar-refractivity contribution is -0.117. The minimum absolute atomic E-state index is 0.186. The van der Waals surface area contributed by atoms with Crippen LogP contribution in [0.25, 0.3) is 0 Å². The third kappa shape index (κ3) is 6.69. The first-order valence-corrected chi connectivity index (χ1v) is 10.1. The SMILES string of the molecule is Cc1ccccc1OCCN(C)CC(=O)Nc1ccccc1C(=O)Nc1ccccc1. The average Bonchev–Trinajstić information content (AvgIpc) is 2.76. The molecule has 0 saturated heterocycles. The molecule has 0 saturated carbocycles. The largest absolute Gasteiger partial charge is 0.492 e. The van der Waals surface area contributed by atoms with Crippen LogP contribution < -0.4 is 15.4 Å². The molecule has 0 aliphatic heterocycles. The summed E-state index contributed by atoms with van der Waals surface area (Å²) >= 11 is 0. The number of aryl methyl sites for hydroxylation is 1. The highest BCUT2D eigenvalue weighted by Crippen LogP contribution is 2.18. The summed E-state index contributed by atoms with van der Waals surface area (Å²) in [6.45, 7) is 3.26. The average molecular weight is 418 g/mol. The summed E-state index contributed by atoms with van der Waals surface area (Å²) < 4.78 is 5.79. The molecule has 3 aromatic rings. The van der Waals surface area contributed by atoms with Crippen LogP contribution in [0.5, 0.6) is 5.75 Å². The van der Waals surface area contributed by atoms with Crippen LogP contribution in [0.3, 0.4) is 0 Å². The second kappa shape index (κ2) is 10.9. The second-order valence-electron chi connectivity index (χ2n) is 7.27. The van der Waals surface area contributed by atoms with E-state index in [0.717, 1.165) is 11.3 Å². The van der Waals surface area contributed by atoms with E-state index in [1.165, 1.54) is 0 Å². The predicted molar refractivity (Wildman–Crippen MR) is 124 cm³/mol. The lowest BCUT2D eigenvalue weighted by Gasteiger charge is -2.18. The Bertz CT molecular complexity index is 1020. The molecular formula is C25H27N3O3. The fraction of sp³-hybridized carbons (Fsp3) is 0.200. The Balaban J connectivity index is 1.52. The molecule has 6 nitrogen and oxygen atoms in total. The molecule has 0 heterocycles. The zero-order valence-electron chi connectivity index (χ0n) is 17.8. The number of likely N-dealkylation sites (N-methyl/N-ethyl adjacent to an activating group) is 1. The first-order valence-electron chi connectivity index (χ1n) is 10.1. The topological polar surface area (TPSA) is 70.7 Å². The van der Waals surface area contributed by atoms with Gasteiger partial charge in [-0.3, -0.25) is 14.5 Å². The number of anilines is 2. The van der Waals surface area contributed by atoms with Gasteiger partial charge in [-0.25, -0.2) is 0 Å². The van der Waals surface area contributed by atoms with Crippen LogP contribution in [0.2, 0.25) is 0 Å². The lowest BCUT2D eigenvalue weighted by Crippen LogP contribution is -2.33. The summed E-state index contributed by atoms with van der Waals surface area (Å²) in [6, 6.07) is 24.0. The van der Waals surface area contributed by atoms with Crippen molar-refractivity contribution in [3.8, 4) is 5.75 Å². The standard InChI is InChI=1S/C25H27N3O3/c1-19-10-6-9-15-23(19)31-17-16-28(2)18-24(29)27-22-14-8-7-13-21(22)25(30)26-20-11-4-3-5-12-20/h3-15H,16-18H2,1-2H3,(H,26,30)(H,27,29). The summed E-state index contributed by atoms with van der Waals surface area (Å²) in [5, 5.41) is 5.69. The molecule has 2 amide bonds. The van der Waals surface area contributed by atoms with E-state index in [4.69, 9.17) is 4.74 Å². The number of carbonyl (C=O) groups excluding carboxylic acids is 2. The first kappa shape index (κ1) is 22.1. The van der Waals surface area contributed by atoms with E-state index in [9.17, 15) is 9.59 Å². The van der Waals surface area contributed by atoms with Gasteiger partial charge in [0.1, 0.15) is 12.4 Å². The van der Waals surface area contributed by atoms with Crippen LogP contribution in [-0.4, -0.2) is 43.5 Å². The highest BCUT2D eigenvalue weighted by Gasteiger charge is 2.14. The molecule has 3 rings (SSSR count). The van der Waals surface area contributed by atoms with Crippen LogP contribution in [0.4, 0.5) is 11.4 Å². The number of hydrogen-bond acceptors (Lipinski definition) is 4. The Labute approximate surface area is 182 Å². The number of rotatable bonds is 9. The molecule has 0 spiro atoms. The van der Waals surface area contributed by atoms with Crippen molar-refractivity contribution in [2.75, 3.05) is 37.4 Å². The maximum absolute atomic E-state index is 12.7. The van der Waals surface area contributed by atoms with Gasteiger partial charge < -0.3 is 15.4 Å². The van der Waals surface area contributed by atoms with Crippen molar-refractivity contribution >= 4 is 23.2 Å². The van der Waals surface area contributed by atoms with Crippen molar-refractivity contribution in [3.05, 3.63) is 90.0 Å². The minimum atomic E-state index is -0.276. The second-order valence-corrected chi connectivity index (χ2v) is 7.27. The van der Waals surface area contributed by atoms with Crippen molar-refractivity contribution in [1.29, 1.82) is 0 Å². The molecule has 0 atom stereocenters. The van der Waals surface area contributed by atoms with Crippen LogP contribution >= 0.6 is 0 Å². The van der Waals surface area contributed by atoms with Crippen LogP contribution in [0, 0.1) is 6.92 Å². The van der Waals surface area contributed by atoms with E-state index in [0.29, 0.717) is 30.1 Å². The molecule has 6 heteroatoms. The summed E-state index contributed by atoms with van der Waals surface area (Å²) in [6.07, 6.45) is 0.